The molecule has 0 unspecified atom stereocenters. The Hall–Kier alpha value is -2.71. The predicted molar refractivity (Wildman–Crippen MR) is 77.9 cm³/mol. The number of amides is 1. The first-order valence-electron chi connectivity index (χ1n) is 6.93. The molecule has 0 aromatic carbocycles. The summed E-state index contributed by atoms with van der Waals surface area (Å²) in [5.41, 5.74) is 0.966. The van der Waals surface area contributed by atoms with Gasteiger partial charge in [0, 0.05) is 26.2 Å². The Morgan fingerprint density at radius 1 is 1.45 bits per heavy atom. The molecule has 118 valence electrons. The molecule has 2 aromatic rings. The van der Waals surface area contributed by atoms with Gasteiger partial charge in [-0.05, 0) is 17.9 Å². The quantitative estimate of drug-likeness (QED) is 0.562. The van der Waals surface area contributed by atoms with Crippen molar-refractivity contribution in [2.75, 3.05) is 7.05 Å². The molecular formula is C13H18N6O3. The molecule has 0 aliphatic rings. The predicted octanol–water partition coefficient (Wildman–Crippen LogP) is 1.06. The number of aryl methyl sites for hydroxylation is 2. The molecule has 0 aliphatic heterocycles. The van der Waals surface area contributed by atoms with Crippen LogP contribution in [0.3, 0.4) is 0 Å². The molecule has 0 N–H and O–H groups in total. The molecule has 0 aliphatic carbocycles. The van der Waals surface area contributed by atoms with Crippen LogP contribution in [0.2, 0.25) is 0 Å². The third-order valence-corrected chi connectivity index (χ3v) is 3.30. The zero-order valence-electron chi connectivity index (χ0n) is 12.5. The van der Waals surface area contributed by atoms with E-state index in [1.165, 1.54) is 16.9 Å². The summed E-state index contributed by atoms with van der Waals surface area (Å²) in [6, 6.07) is 3.19. The Morgan fingerprint density at radius 3 is 2.86 bits per heavy atom. The third-order valence-electron chi connectivity index (χ3n) is 3.30. The van der Waals surface area contributed by atoms with Gasteiger partial charge < -0.3 is 15.0 Å². The van der Waals surface area contributed by atoms with Gasteiger partial charge in [0.05, 0.1) is 36.1 Å². The van der Waals surface area contributed by atoms with E-state index in [0.29, 0.717) is 13.1 Å². The second-order valence-electron chi connectivity index (χ2n) is 4.83. The van der Waals surface area contributed by atoms with E-state index < -0.39 is 4.92 Å². The number of carbonyl (C=O) groups is 1. The third kappa shape index (κ3) is 3.68. The Morgan fingerprint density at radius 2 is 2.23 bits per heavy atom. The number of carbonyl (C=O) groups excluding carboxylic acids is 1. The second kappa shape index (κ2) is 6.83. The maximum Gasteiger partial charge on any atom is 0.389 e. The normalized spacial score (nSPS) is 10.6. The molecule has 1 amide bonds. The van der Waals surface area contributed by atoms with Crippen LogP contribution in [0.25, 0.3) is 0 Å². The summed E-state index contributed by atoms with van der Waals surface area (Å²) in [5.74, 6) is -0.269. The van der Waals surface area contributed by atoms with Gasteiger partial charge in [-0.25, -0.2) is 0 Å². The van der Waals surface area contributed by atoms with Crippen molar-refractivity contribution < 1.29 is 9.72 Å². The topological polar surface area (TPSA) is 99.1 Å². The number of nitro groups is 1. The van der Waals surface area contributed by atoms with Gasteiger partial charge in [-0.3, -0.25) is 9.48 Å². The fourth-order valence-electron chi connectivity index (χ4n) is 2.08. The highest BCUT2D eigenvalue weighted by Gasteiger charge is 2.15. The van der Waals surface area contributed by atoms with Crippen molar-refractivity contribution in [3.63, 3.8) is 0 Å². The highest BCUT2D eigenvalue weighted by atomic mass is 16.6. The molecule has 9 nitrogen and oxygen atoms in total. The number of rotatable bonds is 7. The van der Waals surface area contributed by atoms with Crippen molar-refractivity contribution >= 4 is 11.7 Å². The van der Waals surface area contributed by atoms with Gasteiger partial charge in [-0.15, -0.1) is 0 Å². The first-order chi connectivity index (χ1) is 10.5. The van der Waals surface area contributed by atoms with Crippen molar-refractivity contribution in [3.05, 3.63) is 40.3 Å². The zero-order valence-corrected chi connectivity index (χ0v) is 12.5. The maximum atomic E-state index is 12.1. The Kier molecular flexibility index (Phi) is 4.87. The smallest absolute Gasteiger partial charge is 0.358 e. The number of hydrogen-bond donors (Lipinski definition) is 0. The summed E-state index contributed by atoms with van der Waals surface area (Å²) in [6.07, 6.45) is 3.44. The largest absolute Gasteiger partial charge is 0.389 e. The van der Waals surface area contributed by atoms with Gasteiger partial charge in [0.1, 0.15) is 0 Å². The SMILES string of the molecule is CCn1nccc1CN(C)C(=O)CCn1ccc([N+](=O)[O-])n1. The lowest BCUT2D eigenvalue weighted by Crippen LogP contribution is -2.28. The molecule has 2 heterocycles. The first kappa shape index (κ1) is 15.7. The van der Waals surface area contributed by atoms with E-state index in [1.54, 1.807) is 18.1 Å². The van der Waals surface area contributed by atoms with E-state index >= 15 is 0 Å². The lowest BCUT2D eigenvalue weighted by atomic mass is 10.3. The average molecular weight is 306 g/mol. The zero-order chi connectivity index (χ0) is 16.1. The molecule has 0 bridgehead atoms. The minimum Gasteiger partial charge on any atom is -0.358 e. The summed E-state index contributed by atoms with van der Waals surface area (Å²) >= 11 is 0. The van der Waals surface area contributed by atoms with E-state index in [9.17, 15) is 14.9 Å². The molecule has 22 heavy (non-hydrogen) atoms. The van der Waals surface area contributed by atoms with Crippen LogP contribution in [0.4, 0.5) is 5.82 Å². The standard InChI is InChI=1S/C13H18N6O3/c1-3-18-11(4-7-14-18)10-16(2)13(20)6-9-17-8-5-12(15-17)19(21)22/h4-5,7-8H,3,6,9-10H2,1-2H3. The van der Waals surface area contributed by atoms with Crippen LogP contribution in [0.5, 0.6) is 0 Å². The van der Waals surface area contributed by atoms with E-state index in [1.807, 2.05) is 17.7 Å². The number of nitrogens with zero attached hydrogens (tertiary/aromatic N) is 6. The minimum atomic E-state index is -0.559. The van der Waals surface area contributed by atoms with Gasteiger partial charge in [0.25, 0.3) is 0 Å². The summed E-state index contributed by atoms with van der Waals surface area (Å²) in [4.78, 5) is 23.7. The fourth-order valence-corrected chi connectivity index (χ4v) is 2.08. The van der Waals surface area contributed by atoms with Gasteiger partial charge in [-0.1, -0.05) is 0 Å². The van der Waals surface area contributed by atoms with Crippen LogP contribution in [-0.4, -0.2) is 42.3 Å². The van der Waals surface area contributed by atoms with Crippen LogP contribution in [0.1, 0.15) is 19.0 Å². The fraction of sp³-hybridized carbons (Fsp3) is 0.462. The molecule has 0 radical (unpaired) electrons. The first-order valence-corrected chi connectivity index (χ1v) is 6.93. The molecular weight excluding hydrogens is 288 g/mol. The molecule has 0 atom stereocenters. The van der Waals surface area contributed by atoms with Gasteiger partial charge in [0.15, 0.2) is 0 Å². The summed E-state index contributed by atoms with van der Waals surface area (Å²) in [6.45, 7) is 3.53. The van der Waals surface area contributed by atoms with Crippen LogP contribution in [0, 0.1) is 10.1 Å². The van der Waals surface area contributed by atoms with Gasteiger partial charge in [-0.2, -0.15) is 9.78 Å². The van der Waals surface area contributed by atoms with E-state index in [0.717, 1.165) is 12.2 Å². The van der Waals surface area contributed by atoms with Gasteiger partial charge in [0.2, 0.25) is 5.91 Å². The highest BCUT2D eigenvalue weighted by Crippen LogP contribution is 2.08. The molecule has 2 rings (SSSR count). The summed E-state index contributed by atoms with van der Waals surface area (Å²) in [7, 11) is 1.72. The molecule has 0 spiro atoms. The van der Waals surface area contributed by atoms with Crippen molar-refractivity contribution in [1.29, 1.82) is 0 Å². The van der Waals surface area contributed by atoms with E-state index in [-0.39, 0.29) is 18.1 Å². The van der Waals surface area contributed by atoms with Gasteiger partial charge >= 0.3 is 5.82 Å². The van der Waals surface area contributed by atoms with E-state index in [4.69, 9.17) is 0 Å². The van der Waals surface area contributed by atoms with Crippen LogP contribution < -0.4 is 0 Å². The average Bonchev–Trinajstić information content (AvgIpc) is 3.13. The van der Waals surface area contributed by atoms with Crippen molar-refractivity contribution in [3.8, 4) is 0 Å². The second-order valence-corrected chi connectivity index (χ2v) is 4.83. The number of hydrogen-bond acceptors (Lipinski definition) is 5. The maximum absolute atomic E-state index is 12.1. The van der Waals surface area contributed by atoms with E-state index in [2.05, 4.69) is 10.2 Å². The van der Waals surface area contributed by atoms with Crippen LogP contribution >= 0.6 is 0 Å². The van der Waals surface area contributed by atoms with Crippen molar-refractivity contribution in [1.82, 2.24) is 24.5 Å². The molecule has 9 heteroatoms. The van der Waals surface area contributed by atoms with Crippen LogP contribution in [0.15, 0.2) is 24.5 Å². The summed E-state index contributed by atoms with van der Waals surface area (Å²) in [5, 5.41) is 18.5. The number of aromatic nitrogens is 4. The van der Waals surface area contributed by atoms with Crippen LogP contribution in [-0.2, 0) is 24.4 Å². The lowest BCUT2D eigenvalue weighted by Gasteiger charge is -2.17. The Bertz CT molecular complexity index is 662. The molecule has 0 fully saturated rings. The Balaban J connectivity index is 1.87. The molecule has 0 saturated carbocycles. The van der Waals surface area contributed by atoms with Crippen molar-refractivity contribution in [2.45, 2.75) is 33.0 Å². The monoisotopic (exact) mass is 306 g/mol. The molecule has 2 aromatic heterocycles. The minimum absolute atomic E-state index is 0.0537. The Labute approximate surface area is 127 Å². The lowest BCUT2D eigenvalue weighted by molar-refractivity contribution is -0.389. The summed E-state index contributed by atoms with van der Waals surface area (Å²) < 4.78 is 3.24. The molecule has 0 saturated heterocycles. The van der Waals surface area contributed by atoms with Crippen molar-refractivity contribution in [2.24, 2.45) is 0 Å². The highest BCUT2D eigenvalue weighted by molar-refractivity contribution is 5.75.